The number of hydrogen-bond acceptors (Lipinski definition) is 2. The van der Waals surface area contributed by atoms with Gasteiger partial charge in [0, 0.05) is 18.0 Å². The molecule has 94 valence electrons. The van der Waals surface area contributed by atoms with Gasteiger partial charge in [-0.1, -0.05) is 0 Å². The lowest BCUT2D eigenvalue weighted by molar-refractivity contribution is 0.189. The van der Waals surface area contributed by atoms with Gasteiger partial charge in [0.15, 0.2) is 0 Å². The van der Waals surface area contributed by atoms with Gasteiger partial charge in [-0.15, -0.1) is 0 Å². The largest absolute Gasteiger partial charge is 0.496 e. The maximum atomic E-state index is 14.4. The van der Waals surface area contributed by atoms with Crippen molar-refractivity contribution in [3.63, 3.8) is 0 Å². The van der Waals surface area contributed by atoms with E-state index >= 15 is 0 Å². The molecule has 1 fully saturated rings. The van der Waals surface area contributed by atoms with Gasteiger partial charge in [-0.05, 0) is 37.6 Å². The smallest absolute Gasteiger partial charge is 0.133 e. The molecule has 4 heteroatoms. The summed E-state index contributed by atoms with van der Waals surface area (Å²) >= 11 is 0. The molecule has 2 nitrogen and oxygen atoms in total. The van der Waals surface area contributed by atoms with Gasteiger partial charge in [0.25, 0.3) is 0 Å². The van der Waals surface area contributed by atoms with Crippen LogP contribution in [0, 0.1) is 11.7 Å². The van der Waals surface area contributed by atoms with Crippen LogP contribution in [-0.4, -0.2) is 20.2 Å². The standard InChI is InChI=1S/C13H17F2NO/c1-17-12-5-4-10(14)7-11(12)13(15)9-3-2-6-16-8-9/h4-5,7,9,13,16H,2-3,6,8H2,1H3. The van der Waals surface area contributed by atoms with Crippen molar-refractivity contribution >= 4 is 0 Å². The first-order valence-electron chi connectivity index (χ1n) is 5.90. The Hall–Kier alpha value is -1.16. The highest BCUT2D eigenvalue weighted by Gasteiger charge is 2.27. The lowest BCUT2D eigenvalue weighted by atomic mass is 9.90. The van der Waals surface area contributed by atoms with E-state index in [1.54, 1.807) is 0 Å². The van der Waals surface area contributed by atoms with E-state index in [4.69, 9.17) is 4.74 Å². The van der Waals surface area contributed by atoms with E-state index in [2.05, 4.69) is 5.32 Å². The van der Waals surface area contributed by atoms with E-state index in [-0.39, 0.29) is 5.92 Å². The van der Waals surface area contributed by atoms with Crippen LogP contribution in [0.1, 0.15) is 24.6 Å². The van der Waals surface area contributed by atoms with Gasteiger partial charge in [-0.2, -0.15) is 0 Å². The van der Waals surface area contributed by atoms with Gasteiger partial charge in [0.1, 0.15) is 17.7 Å². The second-order valence-electron chi connectivity index (χ2n) is 4.39. The number of rotatable bonds is 3. The van der Waals surface area contributed by atoms with Crippen LogP contribution in [0.5, 0.6) is 5.75 Å². The fourth-order valence-corrected chi connectivity index (χ4v) is 2.30. The van der Waals surface area contributed by atoms with E-state index in [0.29, 0.717) is 17.9 Å². The fraction of sp³-hybridized carbons (Fsp3) is 0.538. The zero-order chi connectivity index (χ0) is 12.3. The Morgan fingerprint density at radius 3 is 2.94 bits per heavy atom. The SMILES string of the molecule is COc1ccc(F)cc1C(F)C1CCCNC1. The number of nitrogens with one attached hydrogen (secondary N) is 1. The van der Waals surface area contributed by atoms with Gasteiger partial charge >= 0.3 is 0 Å². The molecule has 0 saturated carbocycles. The average molecular weight is 241 g/mol. The first kappa shape index (κ1) is 12.3. The van der Waals surface area contributed by atoms with Crippen LogP contribution in [0.25, 0.3) is 0 Å². The Balaban J connectivity index is 2.21. The minimum absolute atomic E-state index is 0.0977. The third-order valence-electron chi connectivity index (χ3n) is 3.24. The zero-order valence-corrected chi connectivity index (χ0v) is 9.88. The molecule has 1 heterocycles. The fourth-order valence-electron chi connectivity index (χ4n) is 2.30. The molecule has 1 N–H and O–H groups in total. The van der Waals surface area contributed by atoms with Crippen LogP contribution < -0.4 is 10.1 Å². The molecule has 1 saturated heterocycles. The molecule has 0 radical (unpaired) electrons. The third-order valence-corrected chi connectivity index (χ3v) is 3.24. The summed E-state index contributed by atoms with van der Waals surface area (Å²) in [6.07, 6.45) is 0.616. The van der Waals surface area contributed by atoms with Crippen molar-refractivity contribution in [1.29, 1.82) is 0 Å². The lowest BCUT2D eigenvalue weighted by Gasteiger charge is -2.26. The molecule has 0 spiro atoms. The molecular formula is C13H17F2NO. The molecule has 2 atom stereocenters. The monoisotopic (exact) mass is 241 g/mol. The summed E-state index contributed by atoms with van der Waals surface area (Å²) in [4.78, 5) is 0. The second-order valence-corrected chi connectivity index (χ2v) is 4.39. The van der Waals surface area contributed by atoms with Gasteiger partial charge in [0.05, 0.1) is 7.11 Å². The van der Waals surface area contributed by atoms with Gasteiger partial charge in [-0.25, -0.2) is 8.78 Å². The summed E-state index contributed by atoms with van der Waals surface area (Å²) in [5.74, 6) is -0.101. The van der Waals surface area contributed by atoms with Crippen molar-refractivity contribution in [3.8, 4) is 5.75 Å². The zero-order valence-electron chi connectivity index (χ0n) is 9.88. The molecule has 2 unspecified atom stereocenters. The molecule has 17 heavy (non-hydrogen) atoms. The topological polar surface area (TPSA) is 21.3 Å². The van der Waals surface area contributed by atoms with Crippen LogP contribution in [0.3, 0.4) is 0 Å². The molecule has 1 aliphatic heterocycles. The Kier molecular flexibility index (Phi) is 3.94. The van der Waals surface area contributed by atoms with Crippen molar-refractivity contribution in [1.82, 2.24) is 5.32 Å². The molecule has 0 aromatic heterocycles. The molecule has 1 aromatic carbocycles. The molecule has 0 aliphatic carbocycles. The summed E-state index contributed by atoms with van der Waals surface area (Å²) < 4.78 is 32.6. The highest BCUT2D eigenvalue weighted by Crippen LogP contribution is 2.36. The molecule has 1 aliphatic rings. The Bertz CT molecular complexity index is 378. The van der Waals surface area contributed by atoms with Gasteiger partial charge in [-0.3, -0.25) is 0 Å². The molecule has 0 bridgehead atoms. The summed E-state index contributed by atoms with van der Waals surface area (Å²) in [6, 6.07) is 4.00. The summed E-state index contributed by atoms with van der Waals surface area (Å²) in [5.41, 5.74) is 0.321. The number of benzene rings is 1. The van der Waals surface area contributed by atoms with Crippen LogP contribution in [-0.2, 0) is 0 Å². The normalized spacial score (nSPS) is 22.2. The van der Waals surface area contributed by atoms with Crippen LogP contribution in [0.15, 0.2) is 18.2 Å². The van der Waals surface area contributed by atoms with Crippen molar-refractivity contribution in [3.05, 3.63) is 29.6 Å². The molecule has 1 aromatic rings. The number of hydrogen-bond donors (Lipinski definition) is 1. The highest BCUT2D eigenvalue weighted by atomic mass is 19.1. The lowest BCUT2D eigenvalue weighted by Crippen LogP contribution is -2.32. The maximum absolute atomic E-state index is 14.4. The minimum atomic E-state index is -1.17. The number of piperidine rings is 1. The van der Waals surface area contributed by atoms with Gasteiger partial charge < -0.3 is 10.1 Å². The van der Waals surface area contributed by atoms with Crippen molar-refractivity contribution in [2.24, 2.45) is 5.92 Å². The first-order valence-corrected chi connectivity index (χ1v) is 5.90. The Labute approximate surface area is 100.0 Å². The number of alkyl halides is 1. The van der Waals surface area contributed by atoms with E-state index in [1.807, 2.05) is 0 Å². The predicted octanol–water partition coefficient (Wildman–Crippen LogP) is 2.84. The molecule has 2 rings (SSSR count). The van der Waals surface area contributed by atoms with Crippen molar-refractivity contribution in [2.45, 2.75) is 19.0 Å². The number of methoxy groups -OCH3 is 1. The van der Waals surface area contributed by atoms with Crippen molar-refractivity contribution in [2.75, 3.05) is 20.2 Å². The third kappa shape index (κ3) is 2.75. The summed E-state index contributed by atoms with van der Waals surface area (Å²) in [5, 5.41) is 3.16. The summed E-state index contributed by atoms with van der Waals surface area (Å²) in [7, 11) is 1.47. The number of ether oxygens (including phenoxy) is 1. The Morgan fingerprint density at radius 2 is 2.29 bits per heavy atom. The van der Waals surface area contributed by atoms with E-state index < -0.39 is 12.0 Å². The minimum Gasteiger partial charge on any atom is -0.496 e. The van der Waals surface area contributed by atoms with E-state index in [9.17, 15) is 8.78 Å². The van der Waals surface area contributed by atoms with Gasteiger partial charge in [0.2, 0.25) is 0 Å². The second kappa shape index (κ2) is 5.45. The predicted molar refractivity (Wildman–Crippen MR) is 62.4 cm³/mol. The van der Waals surface area contributed by atoms with E-state index in [0.717, 1.165) is 19.4 Å². The molecular weight excluding hydrogens is 224 g/mol. The maximum Gasteiger partial charge on any atom is 0.133 e. The van der Waals surface area contributed by atoms with E-state index in [1.165, 1.54) is 25.3 Å². The average Bonchev–Trinajstić information content (AvgIpc) is 2.39. The van der Waals surface area contributed by atoms with Crippen LogP contribution >= 0.6 is 0 Å². The van der Waals surface area contributed by atoms with Crippen molar-refractivity contribution < 1.29 is 13.5 Å². The summed E-state index contributed by atoms with van der Waals surface area (Å²) in [6.45, 7) is 1.57. The number of halogens is 2. The quantitative estimate of drug-likeness (QED) is 0.878. The Morgan fingerprint density at radius 1 is 1.47 bits per heavy atom. The first-order chi connectivity index (χ1) is 8.22. The highest BCUT2D eigenvalue weighted by molar-refractivity contribution is 5.36. The van der Waals surface area contributed by atoms with Crippen LogP contribution in [0.4, 0.5) is 8.78 Å². The molecule has 0 amide bonds. The van der Waals surface area contributed by atoms with Crippen LogP contribution in [0.2, 0.25) is 0 Å².